The minimum Gasteiger partial charge on any atom is -0.481 e. The van der Waals surface area contributed by atoms with Crippen molar-refractivity contribution in [2.75, 3.05) is 0 Å². The van der Waals surface area contributed by atoms with E-state index in [1.54, 1.807) is 6.07 Å². The van der Waals surface area contributed by atoms with Gasteiger partial charge in [-0.25, -0.2) is 8.78 Å². The predicted octanol–water partition coefficient (Wildman–Crippen LogP) is 2.26. The van der Waals surface area contributed by atoms with E-state index in [1.807, 2.05) is 0 Å². The van der Waals surface area contributed by atoms with Crippen LogP contribution in [0.4, 0.5) is 8.78 Å². The van der Waals surface area contributed by atoms with Crippen LogP contribution in [-0.4, -0.2) is 16.1 Å². The Kier molecular flexibility index (Phi) is 4.35. The first-order valence-corrected chi connectivity index (χ1v) is 5.01. The summed E-state index contributed by atoms with van der Waals surface area (Å²) in [5.41, 5.74) is -0.941. The first-order chi connectivity index (χ1) is 8.01. The second-order valence-corrected chi connectivity index (χ2v) is 3.39. The molecule has 4 nitrogen and oxygen atoms in total. The molecule has 7 heteroatoms. The number of hydrogen-bond donors (Lipinski definition) is 1. The zero-order valence-electron chi connectivity index (χ0n) is 8.45. The van der Waals surface area contributed by atoms with Crippen LogP contribution in [0.15, 0.2) is 6.20 Å². The second-order valence-electron chi connectivity index (χ2n) is 3.13. The average molecular weight is 261 g/mol. The molecule has 0 aliphatic carbocycles. The molecule has 0 aliphatic rings. The van der Waals surface area contributed by atoms with Crippen LogP contribution >= 0.6 is 11.6 Å². The summed E-state index contributed by atoms with van der Waals surface area (Å²) >= 11 is 5.51. The molecule has 1 heterocycles. The summed E-state index contributed by atoms with van der Waals surface area (Å²) in [4.78, 5) is 14.1. The number of rotatable bonds is 4. The van der Waals surface area contributed by atoms with E-state index in [0.29, 0.717) is 0 Å². The van der Waals surface area contributed by atoms with Crippen molar-refractivity contribution in [3.05, 3.63) is 28.6 Å². The van der Waals surface area contributed by atoms with E-state index in [9.17, 15) is 13.6 Å². The summed E-state index contributed by atoms with van der Waals surface area (Å²) in [5, 5.41) is 17.3. The fourth-order valence-corrected chi connectivity index (χ4v) is 1.68. The number of nitriles is 1. The minimum absolute atomic E-state index is 0.0598. The van der Waals surface area contributed by atoms with Crippen molar-refractivity contribution < 1.29 is 18.7 Å². The van der Waals surface area contributed by atoms with Crippen LogP contribution in [0.25, 0.3) is 0 Å². The highest BCUT2D eigenvalue weighted by atomic mass is 35.5. The normalized spacial score (nSPS) is 10.3. The average Bonchev–Trinajstić information content (AvgIpc) is 2.26. The monoisotopic (exact) mass is 260 g/mol. The van der Waals surface area contributed by atoms with Crippen molar-refractivity contribution in [2.45, 2.75) is 18.7 Å². The molecule has 0 atom stereocenters. The molecule has 1 aromatic rings. The summed E-state index contributed by atoms with van der Waals surface area (Å²) in [5.74, 6) is -1.57. The van der Waals surface area contributed by atoms with Crippen molar-refractivity contribution in [1.29, 1.82) is 5.26 Å². The van der Waals surface area contributed by atoms with Gasteiger partial charge in [0.15, 0.2) is 0 Å². The van der Waals surface area contributed by atoms with E-state index in [0.717, 1.165) is 6.20 Å². The summed E-state index contributed by atoms with van der Waals surface area (Å²) in [7, 11) is 0. The fraction of sp³-hybridized carbons (Fsp3) is 0.300. The number of carbonyl (C=O) groups is 1. The summed E-state index contributed by atoms with van der Waals surface area (Å²) < 4.78 is 25.7. The molecule has 0 unspecified atom stereocenters. The molecular weight excluding hydrogens is 254 g/mol. The third kappa shape index (κ3) is 2.88. The lowest BCUT2D eigenvalue weighted by Gasteiger charge is -2.11. The van der Waals surface area contributed by atoms with Gasteiger partial charge < -0.3 is 5.11 Å². The van der Waals surface area contributed by atoms with Crippen LogP contribution in [0.3, 0.4) is 0 Å². The van der Waals surface area contributed by atoms with E-state index in [2.05, 4.69) is 4.98 Å². The van der Waals surface area contributed by atoms with Crippen molar-refractivity contribution in [2.24, 2.45) is 0 Å². The van der Waals surface area contributed by atoms with Gasteiger partial charge in [-0.15, -0.1) is 11.6 Å². The van der Waals surface area contributed by atoms with Crippen molar-refractivity contribution >= 4 is 17.6 Å². The number of nitrogens with zero attached hydrogens (tertiary/aromatic N) is 2. The zero-order valence-corrected chi connectivity index (χ0v) is 9.21. The Hall–Kier alpha value is -1.74. The van der Waals surface area contributed by atoms with Gasteiger partial charge in [0.05, 0.1) is 17.7 Å². The highest BCUT2D eigenvalue weighted by molar-refractivity contribution is 6.17. The molecular formula is C10H7ClF2N2O2. The van der Waals surface area contributed by atoms with Crippen LogP contribution < -0.4 is 0 Å². The number of carboxylic acids is 1. The van der Waals surface area contributed by atoms with Gasteiger partial charge in [-0.2, -0.15) is 5.26 Å². The lowest BCUT2D eigenvalue weighted by atomic mass is 10.0. The summed E-state index contributed by atoms with van der Waals surface area (Å²) in [6, 6.07) is 1.69. The van der Waals surface area contributed by atoms with Crippen molar-refractivity contribution in [3.8, 4) is 6.07 Å². The molecule has 0 saturated heterocycles. The smallest absolute Gasteiger partial charge is 0.309 e. The van der Waals surface area contributed by atoms with Crippen LogP contribution in [0.1, 0.15) is 28.8 Å². The van der Waals surface area contributed by atoms with Crippen LogP contribution in [0.5, 0.6) is 0 Å². The van der Waals surface area contributed by atoms with Gasteiger partial charge in [-0.05, 0) is 5.56 Å². The third-order valence-corrected chi connectivity index (χ3v) is 2.37. The van der Waals surface area contributed by atoms with Gasteiger partial charge in [-0.1, -0.05) is 0 Å². The molecule has 0 amide bonds. The third-order valence-electron chi connectivity index (χ3n) is 2.10. The van der Waals surface area contributed by atoms with Crippen LogP contribution in [0, 0.1) is 11.3 Å². The number of alkyl halides is 3. The molecule has 1 rings (SSSR count). The maximum absolute atomic E-state index is 12.8. The maximum atomic E-state index is 12.8. The Labute approximate surface area is 100 Å². The molecule has 0 fully saturated rings. The predicted molar refractivity (Wildman–Crippen MR) is 54.8 cm³/mol. The largest absolute Gasteiger partial charge is 0.481 e. The Balaban J connectivity index is 3.43. The maximum Gasteiger partial charge on any atom is 0.309 e. The lowest BCUT2D eigenvalue weighted by Crippen LogP contribution is -2.10. The number of pyridine rings is 1. The number of carboxylic acid groups (broad SMARTS) is 1. The molecule has 0 bridgehead atoms. The topological polar surface area (TPSA) is 74.0 Å². The highest BCUT2D eigenvalue weighted by Crippen LogP contribution is 2.29. The first kappa shape index (κ1) is 13.3. The molecule has 0 radical (unpaired) electrons. The Morgan fingerprint density at radius 2 is 2.29 bits per heavy atom. The van der Waals surface area contributed by atoms with Crippen molar-refractivity contribution in [1.82, 2.24) is 4.98 Å². The van der Waals surface area contributed by atoms with Gasteiger partial charge in [0.1, 0.15) is 6.07 Å². The van der Waals surface area contributed by atoms with Gasteiger partial charge >= 0.3 is 5.97 Å². The van der Waals surface area contributed by atoms with E-state index < -0.39 is 24.4 Å². The molecule has 0 aliphatic heterocycles. The highest BCUT2D eigenvalue weighted by Gasteiger charge is 2.22. The Bertz CT molecular complexity index is 486. The van der Waals surface area contributed by atoms with E-state index in [1.165, 1.54) is 0 Å². The first-order valence-electron chi connectivity index (χ1n) is 4.47. The van der Waals surface area contributed by atoms with Crippen LogP contribution in [0.2, 0.25) is 0 Å². The number of aromatic nitrogens is 1. The van der Waals surface area contributed by atoms with E-state index in [4.69, 9.17) is 22.0 Å². The van der Waals surface area contributed by atoms with E-state index >= 15 is 0 Å². The Morgan fingerprint density at radius 1 is 1.65 bits per heavy atom. The quantitative estimate of drug-likeness (QED) is 0.843. The second kappa shape index (κ2) is 5.55. The number of aliphatic carboxylic acids is 1. The van der Waals surface area contributed by atoms with Gasteiger partial charge in [0, 0.05) is 17.6 Å². The molecule has 1 aromatic heterocycles. The standard InChI is InChI=1S/C10H7ClF2N2O2/c11-2-6-5(3-14)4-15-7(1-8(16)17)9(6)10(12)13/h4,10H,1-2H2,(H,16,17). The summed E-state index contributed by atoms with van der Waals surface area (Å²) in [6.07, 6.45) is -2.49. The van der Waals surface area contributed by atoms with Gasteiger partial charge in [0.25, 0.3) is 6.43 Å². The van der Waals surface area contributed by atoms with Gasteiger partial charge in [0.2, 0.25) is 0 Å². The summed E-state index contributed by atoms with van der Waals surface area (Å²) in [6.45, 7) is 0. The lowest BCUT2D eigenvalue weighted by molar-refractivity contribution is -0.136. The Morgan fingerprint density at radius 3 is 2.71 bits per heavy atom. The fourth-order valence-electron chi connectivity index (χ4n) is 1.39. The minimum atomic E-state index is -2.92. The molecule has 0 spiro atoms. The zero-order chi connectivity index (χ0) is 13.0. The molecule has 0 saturated carbocycles. The molecule has 0 aromatic carbocycles. The number of halogens is 3. The van der Waals surface area contributed by atoms with Crippen molar-refractivity contribution in [3.63, 3.8) is 0 Å². The van der Waals surface area contributed by atoms with Crippen LogP contribution in [-0.2, 0) is 17.1 Å². The molecule has 90 valence electrons. The number of hydrogen-bond acceptors (Lipinski definition) is 3. The van der Waals surface area contributed by atoms with E-state index in [-0.39, 0.29) is 22.7 Å². The molecule has 17 heavy (non-hydrogen) atoms. The SMILES string of the molecule is N#Cc1cnc(CC(=O)O)c(C(F)F)c1CCl. The van der Waals surface area contributed by atoms with Gasteiger partial charge in [-0.3, -0.25) is 9.78 Å². The molecule has 1 N–H and O–H groups in total.